The summed E-state index contributed by atoms with van der Waals surface area (Å²) in [6, 6.07) is 16.2. The van der Waals surface area contributed by atoms with Gasteiger partial charge in [0.2, 0.25) is 5.91 Å². The van der Waals surface area contributed by atoms with E-state index >= 15 is 0 Å². The minimum absolute atomic E-state index is 0.0877. The van der Waals surface area contributed by atoms with Crippen LogP contribution in [0.2, 0.25) is 0 Å². The number of anilines is 1. The van der Waals surface area contributed by atoms with Gasteiger partial charge in [0.25, 0.3) is 0 Å². The van der Waals surface area contributed by atoms with Crippen LogP contribution in [0, 0.1) is 6.92 Å². The maximum atomic E-state index is 13.4. The zero-order valence-electron chi connectivity index (χ0n) is 19.7. The van der Waals surface area contributed by atoms with Gasteiger partial charge in [-0.05, 0) is 62.2 Å². The molecule has 2 aromatic heterocycles. The normalized spacial score (nSPS) is 11.5. The zero-order chi connectivity index (χ0) is 24.8. The van der Waals surface area contributed by atoms with E-state index in [1.807, 2.05) is 44.2 Å². The van der Waals surface area contributed by atoms with Crippen molar-refractivity contribution in [3.8, 4) is 5.75 Å². The van der Waals surface area contributed by atoms with Crippen molar-refractivity contribution >= 4 is 42.4 Å². The molecule has 0 atom stereocenters. The van der Waals surface area contributed by atoms with E-state index in [0.717, 1.165) is 15.8 Å². The Morgan fingerprint density at radius 2 is 1.80 bits per heavy atom. The van der Waals surface area contributed by atoms with Crippen molar-refractivity contribution in [2.24, 2.45) is 0 Å². The smallest absolute Gasteiger partial charge is 0.229 e. The van der Waals surface area contributed by atoms with Gasteiger partial charge in [0, 0.05) is 18.8 Å². The first-order valence-electron chi connectivity index (χ1n) is 11.4. The van der Waals surface area contributed by atoms with Crippen molar-refractivity contribution in [1.82, 2.24) is 9.97 Å². The van der Waals surface area contributed by atoms with E-state index in [1.54, 1.807) is 41.6 Å². The number of rotatable bonds is 10. The molecule has 0 aliphatic heterocycles. The molecule has 0 unspecified atom stereocenters. The quantitative estimate of drug-likeness (QED) is 0.292. The van der Waals surface area contributed by atoms with Gasteiger partial charge in [-0.1, -0.05) is 35.1 Å². The van der Waals surface area contributed by atoms with Crippen LogP contribution in [0.4, 0.5) is 5.13 Å². The highest BCUT2D eigenvalue weighted by molar-refractivity contribution is 7.91. The highest BCUT2D eigenvalue weighted by Crippen LogP contribution is 2.35. The lowest BCUT2D eigenvalue weighted by molar-refractivity contribution is -0.118. The first kappa shape index (κ1) is 24.8. The summed E-state index contributed by atoms with van der Waals surface area (Å²) in [5.41, 5.74) is 2.61. The van der Waals surface area contributed by atoms with Crippen molar-refractivity contribution in [1.29, 1.82) is 0 Å². The Kier molecular flexibility index (Phi) is 7.77. The largest absolute Gasteiger partial charge is 0.492 e. The summed E-state index contributed by atoms with van der Waals surface area (Å²) in [4.78, 5) is 24.0. The number of carbonyl (C=O) groups excluding carboxylic acids is 1. The third-order valence-corrected chi connectivity index (χ3v) is 8.34. The number of hydrogen-bond acceptors (Lipinski definition) is 7. The van der Waals surface area contributed by atoms with E-state index < -0.39 is 9.84 Å². The number of para-hydroxylation sites is 1. The number of thiazole rings is 1. The molecule has 0 bridgehead atoms. The van der Waals surface area contributed by atoms with Crippen LogP contribution in [0.25, 0.3) is 10.2 Å². The lowest BCUT2D eigenvalue weighted by atomic mass is 10.2. The molecule has 182 valence electrons. The molecule has 0 N–H and O–H groups in total. The summed E-state index contributed by atoms with van der Waals surface area (Å²) >= 11 is 1.41. The number of sulfone groups is 1. The van der Waals surface area contributed by atoms with Crippen LogP contribution in [-0.2, 0) is 21.2 Å². The fourth-order valence-corrected chi connectivity index (χ4v) is 5.95. The molecule has 35 heavy (non-hydrogen) atoms. The van der Waals surface area contributed by atoms with E-state index in [2.05, 4.69) is 4.98 Å². The number of hydrogen-bond donors (Lipinski definition) is 0. The summed E-state index contributed by atoms with van der Waals surface area (Å²) in [5, 5.41) is 0.551. The molecule has 4 aromatic rings. The average Bonchev–Trinajstić information content (AvgIpc) is 3.28. The second kappa shape index (κ2) is 11.0. The Hall–Kier alpha value is -3.30. The van der Waals surface area contributed by atoms with Crippen molar-refractivity contribution in [2.45, 2.75) is 38.1 Å². The number of amides is 1. The van der Waals surface area contributed by atoms with Crippen LogP contribution >= 0.6 is 11.3 Å². The molecular weight excluding hydrogens is 482 g/mol. The Balaban J connectivity index is 1.55. The third kappa shape index (κ3) is 6.04. The second-order valence-electron chi connectivity index (χ2n) is 8.10. The molecule has 7 nitrogen and oxygen atoms in total. The van der Waals surface area contributed by atoms with Crippen molar-refractivity contribution in [3.63, 3.8) is 0 Å². The van der Waals surface area contributed by atoms with Crippen LogP contribution < -0.4 is 9.64 Å². The van der Waals surface area contributed by atoms with Crippen LogP contribution in [0.5, 0.6) is 5.75 Å². The van der Waals surface area contributed by atoms with Gasteiger partial charge in [-0.3, -0.25) is 14.7 Å². The Morgan fingerprint density at radius 3 is 2.51 bits per heavy atom. The van der Waals surface area contributed by atoms with Gasteiger partial charge in [-0.2, -0.15) is 0 Å². The minimum Gasteiger partial charge on any atom is -0.492 e. The molecule has 0 fully saturated rings. The number of fused-ring (bicyclic) bond motifs is 1. The van der Waals surface area contributed by atoms with Crippen molar-refractivity contribution < 1.29 is 17.9 Å². The summed E-state index contributed by atoms with van der Waals surface area (Å²) in [5.74, 6) is 0.394. The molecular formula is C26H27N3O4S2. The monoisotopic (exact) mass is 509 g/mol. The van der Waals surface area contributed by atoms with Gasteiger partial charge < -0.3 is 4.74 Å². The fraction of sp³-hybridized carbons (Fsp3) is 0.269. The Bertz CT molecular complexity index is 1400. The SMILES string of the molecule is CCOc1cccc2sc(N(Cc3ccncc3)C(=O)CCCS(=O)(=O)c3ccc(C)cc3)nc12. The van der Waals surface area contributed by atoms with Crippen LogP contribution in [-0.4, -0.2) is 36.7 Å². The average molecular weight is 510 g/mol. The van der Waals surface area contributed by atoms with E-state index in [4.69, 9.17) is 9.72 Å². The summed E-state index contributed by atoms with van der Waals surface area (Å²) in [7, 11) is -3.46. The van der Waals surface area contributed by atoms with Gasteiger partial charge in [-0.15, -0.1) is 0 Å². The Morgan fingerprint density at radius 1 is 1.06 bits per heavy atom. The number of aryl methyl sites for hydroxylation is 1. The molecule has 0 spiro atoms. The van der Waals surface area contributed by atoms with E-state index in [1.165, 1.54) is 11.3 Å². The standard InChI is InChI=1S/C26H27N3O4S2/c1-3-33-22-6-4-7-23-25(22)28-26(34-23)29(18-20-13-15-27-16-14-20)24(30)8-5-17-35(31,32)21-11-9-19(2)10-12-21/h4,6-7,9-16H,3,5,8,17-18H2,1-2H3. The predicted octanol–water partition coefficient (Wildman–Crippen LogP) is 5.19. The van der Waals surface area contributed by atoms with E-state index in [9.17, 15) is 13.2 Å². The molecule has 0 aliphatic carbocycles. The van der Waals surface area contributed by atoms with Gasteiger partial charge in [0.15, 0.2) is 15.0 Å². The van der Waals surface area contributed by atoms with Crippen molar-refractivity contribution in [2.75, 3.05) is 17.3 Å². The minimum atomic E-state index is -3.46. The first-order chi connectivity index (χ1) is 16.9. The zero-order valence-corrected chi connectivity index (χ0v) is 21.3. The number of nitrogens with zero attached hydrogens (tertiary/aromatic N) is 3. The lowest BCUT2D eigenvalue weighted by Crippen LogP contribution is -2.30. The molecule has 4 rings (SSSR count). The molecule has 2 heterocycles. The second-order valence-corrected chi connectivity index (χ2v) is 11.2. The fourth-order valence-electron chi connectivity index (χ4n) is 3.64. The third-order valence-electron chi connectivity index (χ3n) is 5.48. The molecule has 0 saturated heterocycles. The predicted molar refractivity (Wildman–Crippen MR) is 139 cm³/mol. The molecule has 0 saturated carbocycles. The molecule has 2 aromatic carbocycles. The van der Waals surface area contributed by atoms with Gasteiger partial charge in [0.1, 0.15) is 11.3 Å². The number of benzene rings is 2. The maximum Gasteiger partial charge on any atom is 0.229 e. The topological polar surface area (TPSA) is 89.5 Å². The number of ether oxygens (including phenoxy) is 1. The Labute approximate surface area is 209 Å². The summed E-state index contributed by atoms with van der Waals surface area (Å²) < 4.78 is 32.1. The van der Waals surface area contributed by atoms with Crippen molar-refractivity contribution in [3.05, 3.63) is 78.1 Å². The molecule has 1 amide bonds. The highest BCUT2D eigenvalue weighted by Gasteiger charge is 2.22. The lowest BCUT2D eigenvalue weighted by Gasteiger charge is -2.20. The summed E-state index contributed by atoms with van der Waals surface area (Å²) in [6.07, 6.45) is 3.66. The number of carbonyl (C=O) groups is 1. The van der Waals surface area contributed by atoms with Crippen LogP contribution in [0.3, 0.4) is 0 Å². The van der Waals surface area contributed by atoms with Crippen LogP contribution in [0.1, 0.15) is 30.9 Å². The number of aromatic nitrogens is 2. The molecule has 9 heteroatoms. The van der Waals surface area contributed by atoms with Crippen LogP contribution in [0.15, 0.2) is 71.9 Å². The molecule has 0 radical (unpaired) electrons. The van der Waals surface area contributed by atoms with Gasteiger partial charge >= 0.3 is 0 Å². The first-order valence-corrected chi connectivity index (χ1v) is 13.9. The molecule has 0 aliphatic rings. The number of pyridine rings is 1. The van der Waals surface area contributed by atoms with E-state index in [0.29, 0.717) is 29.5 Å². The van der Waals surface area contributed by atoms with Gasteiger partial charge in [0.05, 0.1) is 28.5 Å². The highest BCUT2D eigenvalue weighted by atomic mass is 32.2. The van der Waals surface area contributed by atoms with Gasteiger partial charge in [-0.25, -0.2) is 13.4 Å². The van der Waals surface area contributed by atoms with E-state index in [-0.39, 0.29) is 29.4 Å². The summed E-state index contributed by atoms with van der Waals surface area (Å²) in [6.45, 7) is 4.65. The maximum absolute atomic E-state index is 13.4.